The smallest absolute Gasteiger partial charge is 0.416 e. The monoisotopic (exact) mass is 497 g/mol. The lowest BCUT2D eigenvalue weighted by molar-refractivity contribution is -0.143. The van der Waals surface area contributed by atoms with Gasteiger partial charge in [-0.1, -0.05) is 30.3 Å². The Balaban J connectivity index is 0.00000385. The van der Waals surface area contributed by atoms with Crippen molar-refractivity contribution in [1.29, 1.82) is 0 Å². The number of piperidine rings is 1. The van der Waals surface area contributed by atoms with Crippen LogP contribution in [0.1, 0.15) is 41.1 Å². The minimum Gasteiger partial charge on any atom is -0.480 e. The van der Waals surface area contributed by atoms with Crippen molar-refractivity contribution in [3.05, 3.63) is 70.8 Å². The summed E-state index contributed by atoms with van der Waals surface area (Å²) in [5.41, 5.74) is -2.30. The number of halogens is 7. The van der Waals surface area contributed by atoms with Crippen LogP contribution in [0.4, 0.5) is 26.3 Å². The van der Waals surface area contributed by atoms with Gasteiger partial charge < -0.3 is 9.84 Å². The van der Waals surface area contributed by atoms with Crippen LogP contribution in [-0.4, -0.2) is 35.2 Å². The van der Waals surface area contributed by atoms with Crippen molar-refractivity contribution < 1.29 is 41.0 Å². The topological polar surface area (TPSA) is 49.8 Å². The Labute approximate surface area is 192 Å². The molecule has 0 unspecified atom stereocenters. The molecule has 0 aliphatic carbocycles. The molecule has 1 N–H and O–H groups in total. The zero-order chi connectivity index (χ0) is 23.5. The van der Waals surface area contributed by atoms with Crippen LogP contribution >= 0.6 is 12.4 Å². The van der Waals surface area contributed by atoms with Gasteiger partial charge in [-0.05, 0) is 48.7 Å². The lowest BCUT2D eigenvalue weighted by Gasteiger charge is -2.40. The van der Waals surface area contributed by atoms with E-state index < -0.39 is 48.2 Å². The third kappa shape index (κ3) is 7.09. The summed E-state index contributed by atoms with van der Waals surface area (Å²) >= 11 is 0. The highest BCUT2D eigenvalue weighted by Gasteiger charge is 2.38. The quantitative estimate of drug-likeness (QED) is 0.501. The minimum absolute atomic E-state index is 0. The lowest BCUT2D eigenvalue weighted by atomic mass is 9.92. The van der Waals surface area contributed by atoms with Gasteiger partial charge in [-0.3, -0.25) is 9.69 Å². The first-order chi connectivity index (χ1) is 14.9. The van der Waals surface area contributed by atoms with Crippen molar-refractivity contribution in [2.75, 3.05) is 13.1 Å². The Bertz CT molecular complexity index is 904. The molecule has 1 aliphatic rings. The molecule has 2 atom stereocenters. The number of nitrogens with zero attached hydrogens (tertiary/aromatic N) is 1. The fourth-order valence-corrected chi connectivity index (χ4v) is 3.93. The third-order valence-electron chi connectivity index (χ3n) is 5.27. The van der Waals surface area contributed by atoms with Crippen LogP contribution < -0.4 is 0 Å². The maximum atomic E-state index is 13.1. The second kappa shape index (κ2) is 10.8. The second-order valence-electron chi connectivity index (χ2n) is 7.63. The summed E-state index contributed by atoms with van der Waals surface area (Å²) in [6.07, 6.45) is -9.41. The molecule has 0 amide bonds. The molecule has 3 rings (SSSR count). The molecule has 182 valence electrons. The van der Waals surface area contributed by atoms with Crippen LogP contribution in [-0.2, 0) is 28.5 Å². The normalized spacial score (nSPS) is 19.7. The first kappa shape index (κ1) is 26.9. The number of carboxylic acid groups (broad SMARTS) is 1. The fourth-order valence-electron chi connectivity index (χ4n) is 3.93. The van der Waals surface area contributed by atoms with Crippen LogP contribution in [0, 0.1) is 0 Å². The SMILES string of the molecule is Cl.O=C(O)CN1CCC[C@H](OCc2cc(C(F)(F)F)cc(C(F)(F)F)c2)[C@@H]1c1ccccc1. The fraction of sp³-hybridized carbons (Fsp3) is 0.409. The highest BCUT2D eigenvalue weighted by Crippen LogP contribution is 2.38. The molecule has 1 saturated heterocycles. The zero-order valence-electron chi connectivity index (χ0n) is 17.2. The van der Waals surface area contributed by atoms with E-state index in [4.69, 9.17) is 4.74 Å². The number of carboxylic acids is 1. The molecule has 1 aliphatic heterocycles. The summed E-state index contributed by atoms with van der Waals surface area (Å²) < 4.78 is 84.5. The number of carbonyl (C=O) groups is 1. The number of ether oxygens (including phenoxy) is 1. The second-order valence-corrected chi connectivity index (χ2v) is 7.63. The predicted molar refractivity (Wildman–Crippen MR) is 110 cm³/mol. The van der Waals surface area contributed by atoms with Gasteiger partial charge in [0.1, 0.15) is 0 Å². The van der Waals surface area contributed by atoms with Crippen molar-refractivity contribution in [2.45, 2.75) is 43.9 Å². The molecule has 33 heavy (non-hydrogen) atoms. The first-order valence-corrected chi connectivity index (χ1v) is 9.86. The largest absolute Gasteiger partial charge is 0.480 e. The number of hydrogen-bond donors (Lipinski definition) is 1. The summed E-state index contributed by atoms with van der Waals surface area (Å²) in [7, 11) is 0. The van der Waals surface area contributed by atoms with E-state index in [1.807, 2.05) is 0 Å². The molecule has 2 aromatic rings. The van der Waals surface area contributed by atoms with Crippen molar-refractivity contribution in [3.8, 4) is 0 Å². The number of rotatable bonds is 6. The van der Waals surface area contributed by atoms with Gasteiger partial charge in [0.2, 0.25) is 0 Å². The summed E-state index contributed by atoms with van der Waals surface area (Å²) in [6, 6.07) is 9.76. The zero-order valence-corrected chi connectivity index (χ0v) is 18.0. The van der Waals surface area contributed by atoms with Gasteiger partial charge >= 0.3 is 18.3 Å². The van der Waals surface area contributed by atoms with E-state index in [0.717, 1.165) is 5.56 Å². The van der Waals surface area contributed by atoms with Gasteiger partial charge in [0.25, 0.3) is 0 Å². The molecular formula is C22H22ClF6NO3. The van der Waals surface area contributed by atoms with E-state index in [9.17, 15) is 36.2 Å². The highest BCUT2D eigenvalue weighted by molar-refractivity contribution is 5.85. The Kier molecular flexibility index (Phi) is 8.78. The van der Waals surface area contributed by atoms with Crippen molar-refractivity contribution >= 4 is 18.4 Å². The molecule has 0 spiro atoms. The van der Waals surface area contributed by atoms with Gasteiger partial charge in [0.05, 0.1) is 36.4 Å². The average molecular weight is 498 g/mol. The van der Waals surface area contributed by atoms with E-state index in [0.29, 0.717) is 31.5 Å². The van der Waals surface area contributed by atoms with E-state index in [1.165, 1.54) is 0 Å². The lowest BCUT2D eigenvalue weighted by Crippen LogP contribution is -2.45. The molecule has 1 heterocycles. The van der Waals surface area contributed by atoms with Crippen LogP contribution in [0.2, 0.25) is 0 Å². The van der Waals surface area contributed by atoms with Gasteiger partial charge in [0.15, 0.2) is 0 Å². The van der Waals surface area contributed by atoms with Crippen LogP contribution in [0.5, 0.6) is 0 Å². The number of aliphatic carboxylic acids is 1. The summed E-state index contributed by atoms with van der Waals surface area (Å²) in [4.78, 5) is 13.0. The number of likely N-dealkylation sites (tertiary alicyclic amines) is 1. The number of benzene rings is 2. The summed E-state index contributed by atoms with van der Waals surface area (Å²) in [5, 5.41) is 9.24. The molecule has 0 aromatic heterocycles. The summed E-state index contributed by atoms with van der Waals surface area (Å²) in [5.74, 6) is -1.04. The van der Waals surface area contributed by atoms with Crippen LogP contribution in [0.25, 0.3) is 0 Å². The standard InChI is InChI=1S/C22H21F6NO3.ClH/c23-21(24,25)16-9-14(10-17(11-16)22(26,27)28)13-32-18-7-4-8-29(12-19(30)31)20(18)15-5-2-1-3-6-15;/h1-3,5-6,9-11,18,20H,4,7-8,12-13H2,(H,30,31);1H/t18-,20-;/m0./s1. The first-order valence-electron chi connectivity index (χ1n) is 9.86. The van der Waals surface area contributed by atoms with E-state index in [2.05, 4.69) is 0 Å². The number of hydrogen-bond acceptors (Lipinski definition) is 3. The van der Waals surface area contributed by atoms with E-state index in [-0.39, 0.29) is 30.6 Å². The predicted octanol–water partition coefficient (Wildman–Crippen LogP) is 5.95. The molecule has 1 fully saturated rings. The summed E-state index contributed by atoms with van der Waals surface area (Å²) in [6.45, 7) is -0.253. The molecular weight excluding hydrogens is 476 g/mol. The van der Waals surface area contributed by atoms with Crippen LogP contribution in [0.3, 0.4) is 0 Å². The maximum Gasteiger partial charge on any atom is 0.416 e. The van der Waals surface area contributed by atoms with Crippen molar-refractivity contribution in [1.82, 2.24) is 4.90 Å². The molecule has 0 radical (unpaired) electrons. The van der Waals surface area contributed by atoms with E-state index in [1.54, 1.807) is 35.2 Å². The van der Waals surface area contributed by atoms with Crippen molar-refractivity contribution in [3.63, 3.8) is 0 Å². The van der Waals surface area contributed by atoms with Gasteiger partial charge in [-0.2, -0.15) is 26.3 Å². The van der Waals surface area contributed by atoms with Gasteiger partial charge in [0, 0.05) is 0 Å². The molecule has 11 heteroatoms. The Hall–Kier alpha value is -2.30. The molecule has 4 nitrogen and oxygen atoms in total. The number of alkyl halides is 6. The minimum atomic E-state index is -4.94. The van der Waals surface area contributed by atoms with Crippen molar-refractivity contribution in [2.24, 2.45) is 0 Å². The van der Waals surface area contributed by atoms with Gasteiger partial charge in [-0.25, -0.2) is 0 Å². The Morgan fingerprint density at radius 2 is 1.58 bits per heavy atom. The molecule has 2 aromatic carbocycles. The maximum absolute atomic E-state index is 13.1. The van der Waals surface area contributed by atoms with E-state index >= 15 is 0 Å². The third-order valence-corrected chi connectivity index (χ3v) is 5.27. The Morgan fingerprint density at radius 1 is 1.00 bits per heavy atom. The molecule has 0 saturated carbocycles. The van der Waals surface area contributed by atoms with Gasteiger partial charge in [-0.15, -0.1) is 12.4 Å². The highest BCUT2D eigenvalue weighted by atomic mass is 35.5. The molecule has 0 bridgehead atoms. The average Bonchev–Trinajstić information content (AvgIpc) is 2.71. The van der Waals surface area contributed by atoms with Crippen LogP contribution in [0.15, 0.2) is 48.5 Å². The Morgan fingerprint density at radius 3 is 2.09 bits per heavy atom.